The first-order chi connectivity index (χ1) is 6.69. The lowest BCUT2D eigenvalue weighted by Gasteiger charge is -2.13. The molecule has 1 aliphatic rings. The van der Waals surface area contributed by atoms with E-state index in [2.05, 4.69) is 12.1 Å². The van der Waals surface area contributed by atoms with Crippen LogP contribution >= 0.6 is 0 Å². The molecule has 1 unspecified atom stereocenters. The van der Waals surface area contributed by atoms with Crippen molar-refractivity contribution in [1.82, 2.24) is 0 Å². The molecule has 0 aromatic rings. The van der Waals surface area contributed by atoms with E-state index in [1.165, 1.54) is 0 Å². The number of rotatable bonds is 3. The lowest BCUT2D eigenvalue weighted by molar-refractivity contribution is 0.208. The molecule has 3 nitrogen and oxygen atoms in total. The summed E-state index contributed by atoms with van der Waals surface area (Å²) in [7, 11) is 0. The molecule has 0 aliphatic heterocycles. The van der Waals surface area contributed by atoms with Crippen LogP contribution in [0.1, 0.15) is 27.2 Å². The molecule has 0 aromatic heterocycles. The Balaban J connectivity index is 2.92. The molecule has 1 rings (SSSR count). The van der Waals surface area contributed by atoms with Crippen LogP contribution < -0.4 is 0 Å². The number of nitrogens with zero attached hydrogens (tertiary/aromatic N) is 1. The van der Waals surface area contributed by atoms with Crippen LogP contribution in [0.2, 0.25) is 0 Å². The molecule has 0 saturated heterocycles. The quantitative estimate of drug-likeness (QED) is 0.513. The first kappa shape index (κ1) is 11.0. The average Bonchev–Trinajstić information content (AvgIpc) is 2.29. The molecule has 0 fully saturated rings. The van der Waals surface area contributed by atoms with Crippen LogP contribution in [0.15, 0.2) is 28.7 Å². The van der Waals surface area contributed by atoms with E-state index in [4.69, 9.17) is 4.74 Å². The Kier molecular flexibility index (Phi) is 3.86. The minimum Gasteiger partial charge on any atom is -0.498 e. The van der Waals surface area contributed by atoms with Crippen molar-refractivity contribution in [2.45, 2.75) is 33.2 Å². The summed E-state index contributed by atoms with van der Waals surface area (Å²) >= 11 is 0. The van der Waals surface area contributed by atoms with E-state index in [-0.39, 0.29) is 6.04 Å². The molecule has 0 aromatic carbocycles. The van der Waals surface area contributed by atoms with Crippen LogP contribution in [0.4, 0.5) is 0 Å². The van der Waals surface area contributed by atoms with Crippen LogP contribution in [-0.2, 0) is 4.74 Å². The largest absolute Gasteiger partial charge is 0.498 e. The topological polar surface area (TPSA) is 38.7 Å². The predicted molar refractivity (Wildman–Crippen MR) is 56.8 cm³/mol. The SMILES string of the molecule is CCOC1=C(C)C(N=O)C=C[C@H](C)C1. The molecular weight excluding hydrogens is 178 g/mol. The maximum atomic E-state index is 10.6. The van der Waals surface area contributed by atoms with Gasteiger partial charge in [-0.25, -0.2) is 0 Å². The molecule has 78 valence electrons. The smallest absolute Gasteiger partial charge is 0.134 e. The monoisotopic (exact) mass is 195 g/mol. The van der Waals surface area contributed by atoms with E-state index in [1.807, 2.05) is 26.0 Å². The minimum absolute atomic E-state index is 0.346. The third-order valence-electron chi connectivity index (χ3n) is 2.44. The fraction of sp³-hybridized carbons (Fsp3) is 0.636. The Morgan fingerprint density at radius 1 is 1.57 bits per heavy atom. The highest BCUT2D eigenvalue weighted by atomic mass is 16.5. The molecule has 0 N–H and O–H groups in total. The Bertz CT molecular complexity index is 268. The highest BCUT2D eigenvalue weighted by molar-refractivity contribution is 5.24. The summed E-state index contributed by atoms with van der Waals surface area (Å²) in [5, 5.41) is 3.08. The zero-order chi connectivity index (χ0) is 10.6. The molecule has 0 amide bonds. The van der Waals surface area contributed by atoms with Gasteiger partial charge in [0.25, 0.3) is 0 Å². The predicted octanol–water partition coefficient (Wildman–Crippen LogP) is 3.03. The molecular formula is C11H17NO2. The lowest BCUT2D eigenvalue weighted by atomic mass is 10.1. The van der Waals surface area contributed by atoms with E-state index in [0.29, 0.717) is 12.5 Å². The summed E-state index contributed by atoms with van der Waals surface area (Å²) in [6.07, 6.45) is 4.75. The minimum atomic E-state index is -0.346. The summed E-state index contributed by atoms with van der Waals surface area (Å²) in [6.45, 7) is 6.62. The average molecular weight is 195 g/mol. The zero-order valence-corrected chi connectivity index (χ0v) is 8.99. The van der Waals surface area contributed by atoms with Crippen molar-refractivity contribution < 1.29 is 4.74 Å². The zero-order valence-electron chi connectivity index (χ0n) is 8.99. The fourth-order valence-electron chi connectivity index (χ4n) is 1.59. The van der Waals surface area contributed by atoms with Crippen molar-refractivity contribution in [3.63, 3.8) is 0 Å². The third-order valence-corrected chi connectivity index (χ3v) is 2.44. The Hall–Kier alpha value is -1.12. The van der Waals surface area contributed by atoms with Crippen molar-refractivity contribution in [3.8, 4) is 0 Å². The van der Waals surface area contributed by atoms with Gasteiger partial charge in [-0.3, -0.25) is 0 Å². The van der Waals surface area contributed by atoms with Gasteiger partial charge in [0.15, 0.2) is 0 Å². The maximum absolute atomic E-state index is 10.6. The summed E-state index contributed by atoms with van der Waals surface area (Å²) < 4.78 is 5.52. The molecule has 0 heterocycles. The van der Waals surface area contributed by atoms with E-state index >= 15 is 0 Å². The van der Waals surface area contributed by atoms with Crippen LogP contribution in [-0.4, -0.2) is 12.6 Å². The van der Waals surface area contributed by atoms with Crippen molar-refractivity contribution >= 4 is 0 Å². The summed E-state index contributed by atoms with van der Waals surface area (Å²) in [6, 6.07) is -0.346. The molecule has 2 atom stereocenters. The van der Waals surface area contributed by atoms with Crippen molar-refractivity contribution in [1.29, 1.82) is 0 Å². The molecule has 0 radical (unpaired) electrons. The standard InChI is InChI=1S/C11H17NO2/c1-4-14-11-7-8(2)5-6-10(12-13)9(11)3/h5-6,8,10H,4,7H2,1-3H3/t8-,10?/m0/s1. The van der Waals surface area contributed by atoms with Gasteiger partial charge in [-0.2, -0.15) is 0 Å². The molecule has 3 heteroatoms. The second kappa shape index (κ2) is 4.94. The van der Waals surface area contributed by atoms with E-state index in [1.54, 1.807) is 0 Å². The summed E-state index contributed by atoms with van der Waals surface area (Å²) in [5.74, 6) is 1.34. The van der Waals surface area contributed by atoms with Crippen LogP contribution in [0.3, 0.4) is 0 Å². The van der Waals surface area contributed by atoms with E-state index in [9.17, 15) is 4.91 Å². The first-order valence-corrected chi connectivity index (χ1v) is 5.02. The molecule has 14 heavy (non-hydrogen) atoms. The van der Waals surface area contributed by atoms with Gasteiger partial charge in [-0.1, -0.05) is 24.3 Å². The lowest BCUT2D eigenvalue weighted by Crippen LogP contribution is -2.05. The van der Waals surface area contributed by atoms with Crippen LogP contribution in [0.25, 0.3) is 0 Å². The van der Waals surface area contributed by atoms with Crippen molar-refractivity contribution in [2.75, 3.05) is 6.61 Å². The fourth-order valence-corrected chi connectivity index (χ4v) is 1.59. The molecule has 0 spiro atoms. The van der Waals surface area contributed by atoms with Crippen LogP contribution in [0, 0.1) is 10.8 Å². The Morgan fingerprint density at radius 2 is 2.29 bits per heavy atom. The van der Waals surface area contributed by atoms with E-state index in [0.717, 1.165) is 17.8 Å². The van der Waals surface area contributed by atoms with Gasteiger partial charge < -0.3 is 4.74 Å². The van der Waals surface area contributed by atoms with Crippen molar-refractivity contribution in [2.24, 2.45) is 11.1 Å². The van der Waals surface area contributed by atoms with Crippen molar-refractivity contribution in [3.05, 3.63) is 28.4 Å². The number of hydrogen-bond acceptors (Lipinski definition) is 3. The summed E-state index contributed by atoms with van der Waals surface area (Å²) in [4.78, 5) is 10.6. The highest BCUT2D eigenvalue weighted by Gasteiger charge is 2.18. The third kappa shape index (κ3) is 2.44. The number of allylic oxidation sites excluding steroid dienone is 2. The maximum Gasteiger partial charge on any atom is 0.134 e. The number of ether oxygens (including phenoxy) is 1. The normalized spacial score (nSPS) is 27.4. The number of hydrogen-bond donors (Lipinski definition) is 0. The second-order valence-electron chi connectivity index (χ2n) is 3.66. The highest BCUT2D eigenvalue weighted by Crippen LogP contribution is 2.25. The molecule has 1 aliphatic carbocycles. The second-order valence-corrected chi connectivity index (χ2v) is 3.66. The van der Waals surface area contributed by atoms with Gasteiger partial charge in [-0.15, -0.1) is 4.91 Å². The van der Waals surface area contributed by atoms with Gasteiger partial charge >= 0.3 is 0 Å². The summed E-state index contributed by atoms with van der Waals surface area (Å²) in [5.41, 5.74) is 0.947. The van der Waals surface area contributed by atoms with Gasteiger partial charge in [0, 0.05) is 6.42 Å². The van der Waals surface area contributed by atoms with Gasteiger partial charge in [0.05, 0.1) is 12.4 Å². The molecule has 0 bridgehead atoms. The number of nitroso groups, excluding NO2 is 1. The first-order valence-electron chi connectivity index (χ1n) is 5.02. The van der Waals surface area contributed by atoms with Gasteiger partial charge in [-0.05, 0) is 25.3 Å². The van der Waals surface area contributed by atoms with E-state index < -0.39 is 0 Å². The Labute approximate surface area is 84.8 Å². The van der Waals surface area contributed by atoms with Gasteiger partial charge in [0.1, 0.15) is 6.04 Å². The van der Waals surface area contributed by atoms with Gasteiger partial charge in [0.2, 0.25) is 0 Å². The molecule has 0 saturated carbocycles. The van der Waals surface area contributed by atoms with Crippen LogP contribution in [0.5, 0.6) is 0 Å². The Morgan fingerprint density at radius 3 is 2.86 bits per heavy atom.